The Bertz CT molecular complexity index is 573. The lowest BCUT2D eigenvalue weighted by Gasteiger charge is -2.32. The minimum atomic E-state index is -0.813. The van der Waals surface area contributed by atoms with Crippen LogP contribution in [0.4, 0.5) is 4.39 Å². The molecule has 1 fully saturated rings. The number of carbonyl (C=O) groups is 2. The monoisotopic (exact) mass is 373 g/mol. The lowest BCUT2D eigenvalue weighted by molar-refractivity contribution is -0.147. The molecule has 1 N–H and O–H groups in total. The molecule has 1 aromatic rings. The summed E-state index contributed by atoms with van der Waals surface area (Å²) in [6.45, 7) is 2.45. The fourth-order valence-electron chi connectivity index (χ4n) is 2.42. The first-order valence-corrected chi connectivity index (χ1v) is 7.81. The van der Waals surface area contributed by atoms with E-state index in [0.29, 0.717) is 36.2 Å². The number of halogens is 2. The number of amides is 1. The van der Waals surface area contributed by atoms with Crippen LogP contribution in [0, 0.1) is 11.7 Å². The van der Waals surface area contributed by atoms with E-state index in [1.165, 1.54) is 18.2 Å². The third kappa shape index (κ3) is 3.97. The van der Waals surface area contributed by atoms with Crippen molar-refractivity contribution < 1.29 is 23.8 Å². The summed E-state index contributed by atoms with van der Waals surface area (Å²) < 4.78 is 19.0. The second-order valence-corrected chi connectivity index (χ2v) is 6.13. The third-order valence-electron chi connectivity index (χ3n) is 3.70. The average molecular weight is 374 g/mol. The van der Waals surface area contributed by atoms with E-state index in [1.807, 2.05) is 0 Å². The average Bonchev–Trinajstić information content (AvgIpc) is 2.49. The number of aliphatic carboxylic acids is 1. The summed E-state index contributed by atoms with van der Waals surface area (Å²) >= 11 is 3.19. The van der Waals surface area contributed by atoms with Gasteiger partial charge in [-0.1, -0.05) is 0 Å². The lowest BCUT2D eigenvalue weighted by atomic mass is 9.97. The molecule has 0 bridgehead atoms. The van der Waals surface area contributed by atoms with Crippen LogP contribution in [-0.2, 0) is 9.59 Å². The molecule has 1 heterocycles. The van der Waals surface area contributed by atoms with Crippen LogP contribution in [-0.4, -0.2) is 41.1 Å². The molecule has 2 rings (SSSR count). The highest BCUT2D eigenvalue weighted by atomic mass is 79.9. The van der Waals surface area contributed by atoms with E-state index in [1.54, 1.807) is 11.8 Å². The number of nitrogens with zero attached hydrogens (tertiary/aromatic N) is 1. The molecular weight excluding hydrogens is 357 g/mol. The van der Waals surface area contributed by atoms with Crippen LogP contribution < -0.4 is 4.74 Å². The number of piperidine rings is 1. The van der Waals surface area contributed by atoms with Crippen molar-refractivity contribution in [3.63, 3.8) is 0 Å². The molecule has 0 radical (unpaired) electrons. The summed E-state index contributed by atoms with van der Waals surface area (Å²) in [5, 5.41) is 8.96. The van der Waals surface area contributed by atoms with E-state index in [4.69, 9.17) is 9.84 Å². The molecule has 1 atom stereocenters. The predicted octanol–water partition coefficient (Wildman–Crippen LogP) is 2.68. The normalized spacial score (nSPS) is 17.1. The van der Waals surface area contributed by atoms with Gasteiger partial charge in [0.15, 0.2) is 6.10 Å². The number of rotatable bonds is 4. The van der Waals surface area contributed by atoms with E-state index in [9.17, 15) is 14.0 Å². The van der Waals surface area contributed by atoms with E-state index in [0.717, 1.165) is 0 Å². The Hall–Kier alpha value is -1.63. The highest BCUT2D eigenvalue weighted by Gasteiger charge is 2.30. The second kappa shape index (κ2) is 7.09. The number of ether oxygens (including phenoxy) is 1. The largest absolute Gasteiger partial charge is 0.481 e. The number of hydrogen-bond donors (Lipinski definition) is 1. The van der Waals surface area contributed by atoms with Gasteiger partial charge < -0.3 is 14.7 Å². The minimum Gasteiger partial charge on any atom is -0.481 e. The number of likely N-dealkylation sites (tertiary alicyclic amines) is 1. The first-order valence-electron chi connectivity index (χ1n) is 7.01. The van der Waals surface area contributed by atoms with Gasteiger partial charge in [0.25, 0.3) is 5.91 Å². The van der Waals surface area contributed by atoms with Crippen LogP contribution >= 0.6 is 15.9 Å². The van der Waals surface area contributed by atoms with Crippen molar-refractivity contribution in [2.75, 3.05) is 13.1 Å². The molecule has 1 amide bonds. The number of carbonyl (C=O) groups excluding carboxylic acids is 1. The smallest absolute Gasteiger partial charge is 0.306 e. The van der Waals surface area contributed by atoms with E-state index in [2.05, 4.69) is 15.9 Å². The van der Waals surface area contributed by atoms with Crippen molar-refractivity contribution in [3.8, 4) is 5.75 Å². The molecule has 0 saturated carbocycles. The first kappa shape index (κ1) is 16.7. The van der Waals surface area contributed by atoms with E-state index >= 15 is 0 Å². The molecule has 0 spiro atoms. The number of carboxylic acid groups (broad SMARTS) is 1. The molecule has 1 unspecified atom stereocenters. The molecule has 22 heavy (non-hydrogen) atoms. The third-order valence-corrected chi connectivity index (χ3v) is 4.32. The number of hydrogen-bond acceptors (Lipinski definition) is 3. The van der Waals surface area contributed by atoms with Gasteiger partial charge in [-0.05, 0) is 53.9 Å². The van der Waals surface area contributed by atoms with Gasteiger partial charge in [0.2, 0.25) is 0 Å². The van der Waals surface area contributed by atoms with Crippen LogP contribution in [0.15, 0.2) is 22.7 Å². The highest BCUT2D eigenvalue weighted by Crippen LogP contribution is 2.27. The second-order valence-electron chi connectivity index (χ2n) is 5.27. The molecule has 1 aromatic carbocycles. The summed E-state index contributed by atoms with van der Waals surface area (Å²) in [5.41, 5.74) is 0. The Morgan fingerprint density at radius 2 is 2.05 bits per heavy atom. The molecule has 7 heteroatoms. The Balaban J connectivity index is 1.94. The minimum absolute atomic E-state index is 0.194. The zero-order valence-corrected chi connectivity index (χ0v) is 13.7. The molecule has 1 aliphatic heterocycles. The maximum absolute atomic E-state index is 13.0. The zero-order valence-electron chi connectivity index (χ0n) is 12.1. The topological polar surface area (TPSA) is 66.8 Å². The van der Waals surface area contributed by atoms with E-state index < -0.39 is 17.9 Å². The highest BCUT2D eigenvalue weighted by molar-refractivity contribution is 9.10. The lowest BCUT2D eigenvalue weighted by Crippen LogP contribution is -2.45. The fourth-order valence-corrected chi connectivity index (χ4v) is 2.86. The Kier molecular flexibility index (Phi) is 5.39. The maximum Gasteiger partial charge on any atom is 0.306 e. The van der Waals surface area contributed by atoms with Gasteiger partial charge in [0.1, 0.15) is 11.6 Å². The van der Waals surface area contributed by atoms with Crippen molar-refractivity contribution in [1.82, 2.24) is 4.90 Å². The molecular formula is C15H17BrFNO4. The molecule has 1 aliphatic rings. The SMILES string of the molecule is CC(Oc1ccc(F)cc1Br)C(=O)N1CCC(C(=O)O)CC1. The van der Waals surface area contributed by atoms with Crippen molar-refractivity contribution >= 4 is 27.8 Å². The summed E-state index contributed by atoms with van der Waals surface area (Å²) in [6, 6.07) is 3.99. The quantitative estimate of drug-likeness (QED) is 0.880. The summed E-state index contributed by atoms with van der Waals surface area (Å²) in [4.78, 5) is 24.8. The van der Waals surface area contributed by atoms with Crippen LogP contribution in [0.2, 0.25) is 0 Å². The van der Waals surface area contributed by atoms with Crippen LogP contribution in [0.3, 0.4) is 0 Å². The predicted molar refractivity (Wildman–Crippen MR) is 81.1 cm³/mol. The molecule has 5 nitrogen and oxygen atoms in total. The summed E-state index contributed by atoms with van der Waals surface area (Å²) in [5.74, 6) is -1.39. The standard InChI is InChI=1S/C15H17BrFNO4/c1-9(22-13-3-2-11(17)8-12(13)16)14(19)18-6-4-10(5-7-18)15(20)21/h2-3,8-10H,4-7H2,1H3,(H,20,21). The van der Waals surface area contributed by atoms with Crippen LogP contribution in [0.1, 0.15) is 19.8 Å². The van der Waals surface area contributed by atoms with Gasteiger partial charge in [-0.2, -0.15) is 0 Å². The summed E-state index contributed by atoms with van der Waals surface area (Å²) in [7, 11) is 0. The first-order chi connectivity index (χ1) is 10.4. The van der Waals surface area contributed by atoms with Gasteiger partial charge in [0.05, 0.1) is 10.4 Å². The van der Waals surface area contributed by atoms with Crippen molar-refractivity contribution in [1.29, 1.82) is 0 Å². The summed E-state index contributed by atoms with van der Waals surface area (Å²) in [6.07, 6.45) is 0.186. The van der Waals surface area contributed by atoms with Gasteiger partial charge in [0, 0.05) is 13.1 Å². The fraction of sp³-hybridized carbons (Fsp3) is 0.467. The van der Waals surface area contributed by atoms with E-state index in [-0.39, 0.29) is 11.8 Å². The van der Waals surface area contributed by atoms with Gasteiger partial charge in [-0.25, -0.2) is 4.39 Å². The van der Waals surface area contributed by atoms with Crippen molar-refractivity contribution in [3.05, 3.63) is 28.5 Å². The number of carboxylic acids is 1. The molecule has 1 saturated heterocycles. The van der Waals surface area contributed by atoms with Crippen LogP contribution in [0.25, 0.3) is 0 Å². The van der Waals surface area contributed by atoms with Crippen LogP contribution in [0.5, 0.6) is 5.75 Å². The maximum atomic E-state index is 13.0. The Morgan fingerprint density at radius 3 is 2.59 bits per heavy atom. The Labute approximate surface area is 136 Å². The van der Waals surface area contributed by atoms with Crippen molar-refractivity contribution in [2.45, 2.75) is 25.9 Å². The zero-order chi connectivity index (χ0) is 16.3. The van der Waals surface area contributed by atoms with Crippen molar-refractivity contribution in [2.24, 2.45) is 5.92 Å². The van der Waals surface area contributed by atoms with Gasteiger partial charge in [-0.15, -0.1) is 0 Å². The van der Waals surface area contributed by atoms with Gasteiger partial charge >= 0.3 is 5.97 Å². The molecule has 0 aliphatic carbocycles. The van der Waals surface area contributed by atoms with Gasteiger partial charge in [-0.3, -0.25) is 9.59 Å². The Morgan fingerprint density at radius 1 is 1.41 bits per heavy atom. The number of benzene rings is 1. The molecule has 0 aromatic heterocycles. The molecule has 120 valence electrons.